The SMILES string of the molecule is CCCCn1c(=O)[nH]c(=O)c2c1nc(CN1CCN(S(=O)(=O)c3ccc(C)cc3)CC1)n2C. The standard InChI is InChI=1S/C22H30N6O4S/c1-4-5-10-28-20-19(21(29)24-22(28)30)25(3)18(23-20)15-26-11-13-27(14-12-26)33(31,32)17-8-6-16(2)7-9-17/h6-9H,4-5,10-15H2,1-3H3,(H,24,29,30). The number of aromatic nitrogens is 4. The number of fused-ring (bicyclic) bond motifs is 1. The van der Waals surface area contributed by atoms with Crippen molar-refractivity contribution in [2.45, 2.75) is 44.7 Å². The smallest absolute Gasteiger partial charge is 0.324 e. The van der Waals surface area contributed by atoms with Crippen molar-refractivity contribution in [1.29, 1.82) is 0 Å². The van der Waals surface area contributed by atoms with Gasteiger partial charge >= 0.3 is 5.69 Å². The predicted octanol–water partition coefficient (Wildman–Crippen LogP) is 1.04. The van der Waals surface area contributed by atoms with E-state index in [1.54, 1.807) is 35.9 Å². The molecule has 0 saturated carbocycles. The molecule has 1 saturated heterocycles. The minimum absolute atomic E-state index is 0.307. The number of hydrogen-bond donors (Lipinski definition) is 1. The zero-order valence-electron chi connectivity index (χ0n) is 19.2. The van der Waals surface area contributed by atoms with Crippen LogP contribution >= 0.6 is 0 Å². The molecule has 1 N–H and O–H groups in total. The van der Waals surface area contributed by atoms with Crippen LogP contribution in [0.3, 0.4) is 0 Å². The second-order valence-electron chi connectivity index (χ2n) is 8.52. The van der Waals surface area contributed by atoms with Gasteiger partial charge in [-0.3, -0.25) is 19.2 Å². The van der Waals surface area contributed by atoms with Crippen molar-refractivity contribution < 1.29 is 8.42 Å². The molecule has 0 spiro atoms. The molecule has 2 aromatic heterocycles. The van der Waals surface area contributed by atoms with Crippen LogP contribution in [0.15, 0.2) is 38.8 Å². The second-order valence-corrected chi connectivity index (χ2v) is 10.5. The molecular weight excluding hydrogens is 444 g/mol. The number of rotatable bonds is 7. The molecule has 4 rings (SSSR count). The molecule has 0 aliphatic carbocycles. The summed E-state index contributed by atoms with van der Waals surface area (Å²) in [6.45, 7) is 6.77. The molecule has 1 aliphatic heterocycles. The van der Waals surface area contributed by atoms with Gasteiger partial charge in [0, 0.05) is 39.8 Å². The Balaban J connectivity index is 1.52. The number of hydrogen-bond acceptors (Lipinski definition) is 6. The molecule has 178 valence electrons. The van der Waals surface area contributed by atoms with Crippen LogP contribution in [0.5, 0.6) is 0 Å². The van der Waals surface area contributed by atoms with Crippen LogP contribution < -0.4 is 11.2 Å². The molecule has 0 bridgehead atoms. The lowest BCUT2D eigenvalue weighted by Gasteiger charge is -2.33. The largest absolute Gasteiger partial charge is 0.330 e. The molecule has 0 amide bonds. The van der Waals surface area contributed by atoms with E-state index in [2.05, 4.69) is 14.9 Å². The van der Waals surface area contributed by atoms with Crippen molar-refractivity contribution >= 4 is 21.2 Å². The first-order valence-electron chi connectivity index (χ1n) is 11.2. The monoisotopic (exact) mass is 474 g/mol. The zero-order chi connectivity index (χ0) is 23.8. The highest BCUT2D eigenvalue weighted by Gasteiger charge is 2.29. The average Bonchev–Trinajstić information content (AvgIpc) is 3.10. The summed E-state index contributed by atoms with van der Waals surface area (Å²) in [6.07, 6.45) is 1.73. The summed E-state index contributed by atoms with van der Waals surface area (Å²) in [5.74, 6) is 0.668. The lowest BCUT2D eigenvalue weighted by molar-refractivity contribution is 0.177. The van der Waals surface area contributed by atoms with Crippen molar-refractivity contribution in [3.63, 3.8) is 0 Å². The molecule has 1 fully saturated rings. The van der Waals surface area contributed by atoms with Crippen molar-refractivity contribution in [1.82, 2.24) is 28.3 Å². The van der Waals surface area contributed by atoms with E-state index in [0.717, 1.165) is 18.4 Å². The Hall–Kier alpha value is -2.76. The van der Waals surface area contributed by atoms with Crippen LogP contribution in [-0.2, 0) is 30.2 Å². The Morgan fingerprint density at radius 3 is 2.36 bits per heavy atom. The highest BCUT2D eigenvalue weighted by Crippen LogP contribution is 2.19. The Kier molecular flexibility index (Phi) is 6.55. The van der Waals surface area contributed by atoms with Crippen LogP contribution in [-0.4, -0.2) is 62.9 Å². The Labute approximate surface area is 192 Å². The number of benzene rings is 1. The molecule has 0 unspecified atom stereocenters. The van der Waals surface area contributed by atoms with E-state index >= 15 is 0 Å². The molecule has 0 atom stereocenters. The maximum Gasteiger partial charge on any atom is 0.330 e. The van der Waals surface area contributed by atoms with Gasteiger partial charge < -0.3 is 4.57 Å². The van der Waals surface area contributed by atoms with Gasteiger partial charge in [0.1, 0.15) is 5.82 Å². The maximum atomic E-state index is 12.9. The van der Waals surface area contributed by atoms with E-state index in [9.17, 15) is 18.0 Å². The third-order valence-electron chi connectivity index (χ3n) is 6.20. The minimum Gasteiger partial charge on any atom is -0.324 e. The molecule has 1 aliphatic rings. The summed E-state index contributed by atoms with van der Waals surface area (Å²) in [7, 11) is -1.76. The van der Waals surface area contributed by atoms with Gasteiger partial charge in [-0.2, -0.15) is 4.31 Å². The summed E-state index contributed by atoms with van der Waals surface area (Å²) < 4.78 is 30.7. The quantitative estimate of drug-likeness (QED) is 0.547. The van der Waals surface area contributed by atoms with Crippen molar-refractivity contribution in [2.24, 2.45) is 7.05 Å². The van der Waals surface area contributed by atoms with E-state index in [1.807, 2.05) is 13.8 Å². The summed E-state index contributed by atoms with van der Waals surface area (Å²) in [5.41, 5.74) is 0.898. The first kappa shape index (κ1) is 23.4. The van der Waals surface area contributed by atoms with Gasteiger partial charge in [-0.05, 0) is 25.5 Å². The van der Waals surface area contributed by atoms with E-state index < -0.39 is 21.3 Å². The normalized spacial score (nSPS) is 16.0. The molecular formula is C22H30N6O4S. The number of H-pyrrole nitrogens is 1. The first-order chi connectivity index (χ1) is 15.7. The van der Waals surface area contributed by atoms with Crippen LogP contribution in [0.2, 0.25) is 0 Å². The molecule has 1 aromatic carbocycles. The Morgan fingerprint density at radius 1 is 1.06 bits per heavy atom. The fourth-order valence-electron chi connectivity index (χ4n) is 4.14. The van der Waals surface area contributed by atoms with Crippen LogP contribution in [0, 0.1) is 6.92 Å². The predicted molar refractivity (Wildman–Crippen MR) is 126 cm³/mol. The fourth-order valence-corrected chi connectivity index (χ4v) is 5.57. The van der Waals surface area contributed by atoms with Crippen molar-refractivity contribution in [3.05, 3.63) is 56.5 Å². The van der Waals surface area contributed by atoms with Gasteiger partial charge in [-0.15, -0.1) is 0 Å². The van der Waals surface area contributed by atoms with Gasteiger partial charge in [0.15, 0.2) is 11.2 Å². The van der Waals surface area contributed by atoms with Crippen molar-refractivity contribution in [3.8, 4) is 0 Å². The van der Waals surface area contributed by atoms with Gasteiger partial charge in [0.2, 0.25) is 10.0 Å². The number of imidazole rings is 1. The van der Waals surface area contributed by atoms with Gasteiger partial charge in [-0.1, -0.05) is 31.0 Å². The van der Waals surface area contributed by atoms with Crippen LogP contribution in [0.25, 0.3) is 11.2 Å². The Morgan fingerprint density at radius 2 is 1.73 bits per heavy atom. The maximum absolute atomic E-state index is 12.9. The summed E-state index contributed by atoms with van der Waals surface area (Å²) in [4.78, 5) is 34.2. The first-order valence-corrected chi connectivity index (χ1v) is 12.6. The highest BCUT2D eigenvalue weighted by atomic mass is 32.2. The minimum atomic E-state index is -3.53. The lowest BCUT2D eigenvalue weighted by atomic mass is 10.2. The van der Waals surface area contributed by atoms with E-state index in [0.29, 0.717) is 61.2 Å². The third kappa shape index (κ3) is 4.53. The summed E-state index contributed by atoms with van der Waals surface area (Å²) in [5, 5.41) is 0. The number of aromatic amines is 1. The zero-order valence-corrected chi connectivity index (χ0v) is 20.1. The summed E-state index contributed by atoms with van der Waals surface area (Å²) >= 11 is 0. The number of piperazine rings is 1. The van der Waals surface area contributed by atoms with Crippen molar-refractivity contribution in [2.75, 3.05) is 26.2 Å². The number of nitrogens with one attached hydrogen (secondary N) is 1. The highest BCUT2D eigenvalue weighted by molar-refractivity contribution is 7.89. The molecule has 0 radical (unpaired) electrons. The third-order valence-corrected chi connectivity index (χ3v) is 8.11. The summed E-state index contributed by atoms with van der Waals surface area (Å²) in [6, 6.07) is 6.89. The fraction of sp³-hybridized carbons (Fsp3) is 0.500. The second kappa shape index (κ2) is 9.24. The number of unbranched alkanes of at least 4 members (excludes halogenated alkanes) is 1. The van der Waals surface area contributed by atoms with E-state index in [4.69, 9.17) is 0 Å². The topological polar surface area (TPSA) is 113 Å². The molecule has 3 heterocycles. The lowest BCUT2D eigenvalue weighted by Crippen LogP contribution is -2.48. The van der Waals surface area contributed by atoms with Crippen LogP contribution in [0.1, 0.15) is 31.2 Å². The molecule has 10 nitrogen and oxygen atoms in total. The molecule has 3 aromatic rings. The van der Waals surface area contributed by atoms with E-state index in [1.165, 1.54) is 8.87 Å². The Bertz CT molecular complexity index is 1360. The van der Waals surface area contributed by atoms with Gasteiger partial charge in [0.25, 0.3) is 5.56 Å². The van der Waals surface area contributed by atoms with Crippen LogP contribution in [0.4, 0.5) is 0 Å². The van der Waals surface area contributed by atoms with Gasteiger partial charge in [-0.25, -0.2) is 18.2 Å². The molecule has 11 heteroatoms. The number of aryl methyl sites for hydroxylation is 3. The average molecular weight is 475 g/mol. The number of nitrogens with zero attached hydrogens (tertiary/aromatic N) is 5. The number of sulfonamides is 1. The van der Waals surface area contributed by atoms with Gasteiger partial charge in [0.05, 0.1) is 11.4 Å². The molecule has 33 heavy (non-hydrogen) atoms. The van der Waals surface area contributed by atoms with E-state index in [-0.39, 0.29) is 0 Å².